The molecule has 0 spiro atoms. The summed E-state index contributed by atoms with van der Waals surface area (Å²) in [4.78, 5) is 2.68. The van der Waals surface area contributed by atoms with Crippen LogP contribution in [0.25, 0.3) is 0 Å². The summed E-state index contributed by atoms with van der Waals surface area (Å²) in [5.74, 6) is 1.17. The minimum atomic E-state index is -0.0749. The van der Waals surface area contributed by atoms with Crippen molar-refractivity contribution in [3.8, 4) is 0 Å². The van der Waals surface area contributed by atoms with Crippen molar-refractivity contribution in [1.29, 1.82) is 0 Å². The lowest BCUT2D eigenvalue weighted by Gasteiger charge is -2.38. The lowest BCUT2D eigenvalue weighted by atomic mass is 9.85. The Morgan fingerprint density at radius 1 is 1.12 bits per heavy atom. The highest BCUT2D eigenvalue weighted by molar-refractivity contribution is 5.16. The molecule has 2 aliphatic heterocycles. The lowest BCUT2D eigenvalue weighted by Crippen LogP contribution is -2.41. The number of nitrogens with one attached hydrogen (secondary N) is 1. The smallest absolute Gasteiger partial charge is 0.158 e. The molecule has 1 saturated heterocycles. The van der Waals surface area contributed by atoms with Gasteiger partial charge in [0.25, 0.3) is 0 Å². The Balaban J connectivity index is 1.62. The number of hydrogen-bond donors (Lipinski definition) is 1. The number of hydrogen-bond acceptors (Lipinski definition) is 4. The zero-order valence-electron chi connectivity index (χ0n) is 20.9. The van der Waals surface area contributed by atoms with E-state index >= 15 is 0 Å². The summed E-state index contributed by atoms with van der Waals surface area (Å²) >= 11 is 0. The van der Waals surface area contributed by atoms with Gasteiger partial charge >= 0.3 is 0 Å². The molecule has 0 radical (unpaired) electrons. The van der Waals surface area contributed by atoms with Gasteiger partial charge in [-0.2, -0.15) is 0 Å². The van der Waals surface area contributed by atoms with Gasteiger partial charge in [-0.1, -0.05) is 76.1 Å². The van der Waals surface area contributed by atoms with Gasteiger partial charge in [-0.05, 0) is 49.8 Å². The third-order valence-electron chi connectivity index (χ3n) is 6.86. The summed E-state index contributed by atoms with van der Waals surface area (Å²) in [6.45, 7) is 16.1. The summed E-state index contributed by atoms with van der Waals surface area (Å²) in [6.07, 6.45) is 8.38. The molecule has 180 valence electrons. The Labute approximate surface area is 196 Å². The SMILES string of the molecule is CCCCN1CC(C(CCNCc2ccccc2)CC2OCC(C)(C)CO2)=CC(CC)C1. The second-order valence-corrected chi connectivity index (χ2v) is 10.6. The number of unbranched alkanes of at least 4 members (excludes halogenated alkanes) is 1. The first-order chi connectivity index (χ1) is 15.5. The van der Waals surface area contributed by atoms with Gasteiger partial charge in [0.15, 0.2) is 6.29 Å². The highest BCUT2D eigenvalue weighted by atomic mass is 16.7. The van der Waals surface area contributed by atoms with Crippen molar-refractivity contribution in [3.05, 3.63) is 47.5 Å². The molecule has 0 amide bonds. The topological polar surface area (TPSA) is 33.7 Å². The third kappa shape index (κ3) is 8.30. The predicted molar refractivity (Wildman–Crippen MR) is 134 cm³/mol. The molecule has 32 heavy (non-hydrogen) atoms. The van der Waals surface area contributed by atoms with E-state index in [-0.39, 0.29) is 11.7 Å². The fourth-order valence-corrected chi connectivity index (χ4v) is 4.78. The maximum absolute atomic E-state index is 6.15. The van der Waals surface area contributed by atoms with E-state index < -0.39 is 0 Å². The minimum Gasteiger partial charge on any atom is -0.352 e. The Morgan fingerprint density at radius 2 is 1.88 bits per heavy atom. The first kappa shape index (κ1) is 25.4. The maximum atomic E-state index is 6.15. The fourth-order valence-electron chi connectivity index (χ4n) is 4.78. The van der Waals surface area contributed by atoms with Crippen LogP contribution in [0.15, 0.2) is 42.0 Å². The molecule has 1 N–H and O–H groups in total. The number of nitrogens with zero attached hydrogens (tertiary/aromatic N) is 1. The van der Waals surface area contributed by atoms with E-state index in [1.165, 1.54) is 37.9 Å². The molecule has 1 aromatic rings. The Bertz CT molecular complexity index is 678. The molecule has 3 rings (SSSR count). The van der Waals surface area contributed by atoms with E-state index in [0.29, 0.717) is 11.8 Å². The van der Waals surface area contributed by atoms with Crippen molar-refractivity contribution in [1.82, 2.24) is 10.2 Å². The van der Waals surface area contributed by atoms with Crippen LogP contribution in [0.3, 0.4) is 0 Å². The van der Waals surface area contributed by atoms with Crippen molar-refractivity contribution in [3.63, 3.8) is 0 Å². The van der Waals surface area contributed by atoms with Gasteiger partial charge in [0.2, 0.25) is 0 Å². The molecule has 2 aliphatic rings. The molecular weight excluding hydrogens is 396 g/mol. The van der Waals surface area contributed by atoms with Crippen molar-refractivity contribution in [2.45, 2.75) is 72.6 Å². The van der Waals surface area contributed by atoms with Crippen LogP contribution in [0.1, 0.15) is 65.4 Å². The largest absolute Gasteiger partial charge is 0.352 e. The second kappa shape index (κ2) is 12.9. The molecule has 2 unspecified atom stereocenters. The van der Waals surface area contributed by atoms with Crippen molar-refractivity contribution in [2.75, 3.05) is 39.4 Å². The van der Waals surface area contributed by atoms with E-state index in [2.05, 4.69) is 74.3 Å². The van der Waals surface area contributed by atoms with E-state index in [1.54, 1.807) is 5.57 Å². The Kier molecular flexibility index (Phi) is 10.2. The fraction of sp³-hybridized carbons (Fsp3) is 0.714. The van der Waals surface area contributed by atoms with Gasteiger partial charge in [-0.25, -0.2) is 0 Å². The van der Waals surface area contributed by atoms with Crippen LogP contribution < -0.4 is 5.32 Å². The minimum absolute atomic E-state index is 0.0749. The average Bonchev–Trinajstić information content (AvgIpc) is 2.81. The third-order valence-corrected chi connectivity index (χ3v) is 6.86. The lowest BCUT2D eigenvalue weighted by molar-refractivity contribution is -0.227. The number of ether oxygens (including phenoxy) is 2. The summed E-state index contributed by atoms with van der Waals surface area (Å²) in [6, 6.07) is 10.7. The van der Waals surface area contributed by atoms with Crippen molar-refractivity contribution < 1.29 is 9.47 Å². The molecule has 0 aliphatic carbocycles. The Hall–Kier alpha value is -1.20. The zero-order chi connectivity index (χ0) is 22.8. The first-order valence-electron chi connectivity index (χ1n) is 12.9. The average molecular weight is 443 g/mol. The van der Waals surface area contributed by atoms with Crippen LogP contribution in [-0.4, -0.2) is 50.6 Å². The monoisotopic (exact) mass is 442 g/mol. The van der Waals surface area contributed by atoms with Gasteiger partial charge in [0.05, 0.1) is 13.2 Å². The van der Waals surface area contributed by atoms with Gasteiger partial charge in [-0.15, -0.1) is 0 Å². The van der Waals surface area contributed by atoms with Crippen LogP contribution in [0.2, 0.25) is 0 Å². The van der Waals surface area contributed by atoms with E-state index in [4.69, 9.17) is 9.47 Å². The number of benzene rings is 1. The summed E-state index contributed by atoms with van der Waals surface area (Å²) in [5, 5.41) is 3.67. The molecule has 4 nitrogen and oxygen atoms in total. The van der Waals surface area contributed by atoms with Crippen LogP contribution in [0, 0.1) is 17.3 Å². The molecule has 1 aromatic carbocycles. The molecule has 2 atom stereocenters. The second-order valence-electron chi connectivity index (χ2n) is 10.6. The molecule has 0 bridgehead atoms. The molecule has 0 saturated carbocycles. The van der Waals surface area contributed by atoms with Crippen LogP contribution in [0.4, 0.5) is 0 Å². The van der Waals surface area contributed by atoms with E-state index in [0.717, 1.165) is 45.7 Å². The van der Waals surface area contributed by atoms with E-state index in [9.17, 15) is 0 Å². The van der Waals surface area contributed by atoms with Crippen molar-refractivity contribution in [2.24, 2.45) is 17.3 Å². The summed E-state index contributed by atoms with van der Waals surface area (Å²) < 4.78 is 12.3. The maximum Gasteiger partial charge on any atom is 0.158 e. The quantitative estimate of drug-likeness (QED) is 0.335. The normalized spacial score (nSPS) is 23.1. The van der Waals surface area contributed by atoms with Gasteiger partial charge in [0, 0.05) is 31.5 Å². The first-order valence-corrected chi connectivity index (χ1v) is 12.9. The van der Waals surface area contributed by atoms with Crippen LogP contribution in [0.5, 0.6) is 0 Å². The molecular formula is C28H46N2O2. The standard InChI is InChI=1S/C28H46N2O2/c1-5-7-15-30-19-23(6-2)16-26(20-30)25(17-27-31-21-28(3,4)22-32-27)13-14-29-18-24-11-9-8-10-12-24/h8-12,16,23,25,27,29H,5-7,13-15,17-22H2,1-4H3. The Morgan fingerprint density at radius 3 is 2.56 bits per heavy atom. The highest BCUT2D eigenvalue weighted by Crippen LogP contribution is 2.32. The van der Waals surface area contributed by atoms with Gasteiger partial charge in [0.1, 0.15) is 0 Å². The molecule has 4 heteroatoms. The molecule has 1 fully saturated rings. The summed E-state index contributed by atoms with van der Waals surface area (Å²) in [5.41, 5.74) is 3.08. The number of rotatable bonds is 12. The summed E-state index contributed by atoms with van der Waals surface area (Å²) in [7, 11) is 0. The predicted octanol–water partition coefficient (Wildman–Crippen LogP) is 5.64. The highest BCUT2D eigenvalue weighted by Gasteiger charge is 2.32. The molecule has 2 heterocycles. The zero-order valence-corrected chi connectivity index (χ0v) is 20.9. The van der Waals surface area contributed by atoms with Crippen molar-refractivity contribution >= 4 is 0 Å². The van der Waals surface area contributed by atoms with Gasteiger partial charge < -0.3 is 14.8 Å². The van der Waals surface area contributed by atoms with E-state index in [1.807, 2.05) is 0 Å². The van der Waals surface area contributed by atoms with Gasteiger partial charge in [-0.3, -0.25) is 4.90 Å². The van der Waals surface area contributed by atoms with Crippen LogP contribution >= 0.6 is 0 Å². The van der Waals surface area contributed by atoms with Crippen LogP contribution in [-0.2, 0) is 16.0 Å². The molecule has 0 aromatic heterocycles.